The highest BCUT2D eigenvalue weighted by Crippen LogP contribution is 2.41. The molecule has 2 aromatic rings. The Morgan fingerprint density at radius 3 is 2.04 bits per heavy atom. The summed E-state index contributed by atoms with van der Waals surface area (Å²) in [5.41, 5.74) is -0.284. The van der Waals surface area contributed by atoms with Gasteiger partial charge in [-0.25, -0.2) is 9.59 Å². The van der Waals surface area contributed by atoms with Crippen LogP contribution in [0.5, 0.6) is 17.2 Å². The van der Waals surface area contributed by atoms with Crippen LogP contribution in [0, 0.1) is 0 Å². The van der Waals surface area contributed by atoms with Crippen LogP contribution in [0.2, 0.25) is 0 Å². The van der Waals surface area contributed by atoms with Gasteiger partial charge < -0.3 is 19.5 Å². The molecule has 3 rings (SSSR count). The number of nitrogens with zero attached hydrogens (tertiary/aromatic N) is 2. The van der Waals surface area contributed by atoms with E-state index in [0.717, 1.165) is 4.57 Å². The van der Waals surface area contributed by atoms with Crippen LogP contribution in [0.15, 0.2) is 21.7 Å². The van der Waals surface area contributed by atoms with E-state index in [9.17, 15) is 14.4 Å². The molecule has 10 heteroatoms. The Hall–Kier alpha value is -3.43. The quantitative estimate of drug-likeness (QED) is 0.795. The Bertz CT molecular complexity index is 1010. The van der Waals surface area contributed by atoms with Gasteiger partial charge in [-0.15, -0.1) is 0 Å². The molecule has 0 bridgehead atoms. The molecule has 1 aliphatic rings. The van der Waals surface area contributed by atoms with Crippen molar-refractivity contribution in [3.63, 3.8) is 0 Å². The minimum atomic E-state index is -0.812. The van der Waals surface area contributed by atoms with E-state index in [2.05, 4.69) is 10.6 Å². The highest BCUT2D eigenvalue weighted by Gasteiger charge is 2.33. The zero-order valence-corrected chi connectivity index (χ0v) is 15.6. The van der Waals surface area contributed by atoms with Gasteiger partial charge in [0, 0.05) is 14.1 Å². The fourth-order valence-corrected chi connectivity index (χ4v) is 3.15. The van der Waals surface area contributed by atoms with Crippen molar-refractivity contribution in [3.8, 4) is 17.2 Å². The molecular formula is C17H20N4O6. The molecule has 1 aromatic carbocycles. The van der Waals surface area contributed by atoms with E-state index in [1.165, 1.54) is 40.0 Å². The molecule has 27 heavy (non-hydrogen) atoms. The molecule has 1 aliphatic heterocycles. The fourth-order valence-electron chi connectivity index (χ4n) is 3.15. The fraction of sp³-hybridized carbons (Fsp3) is 0.353. The monoisotopic (exact) mass is 376 g/mol. The summed E-state index contributed by atoms with van der Waals surface area (Å²) < 4.78 is 18.2. The lowest BCUT2D eigenvalue weighted by Crippen LogP contribution is -2.49. The molecule has 10 nitrogen and oxygen atoms in total. The topological polar surface area (TPSA) is 113 Å². The van der Waals surface area contributed by atoms with Gasteiger partial charge in [0.25, 0.3) is 5.56 Å². The maximum absolute atomic E-state index is 12.8. The standard InChI is InChI=1S/C17H20N4O6/c1-20-14-11(15(22)21(2)17(20)24)12(18-16(23)19-14)8-6-9(25-3)13(27-5)10(7-8)26-4/h6-7,12H,1-5H3,(H2,18,19,23)/t12-/m1/s1. The number of benzene rings is 1. The van der Waals surface area contributed by atoms with E-state index in [4.69, 9.17) is 14.2 Å². The smallest absolute Gasteiger partial charge is 0.332 e. The van der Waals surface area contributed by atoms with E-state index < -0.39 is 23.3 Å². The van der Waals surface area contributed by atoms with Crippen LogP contribution in [0.4, 0.5) is 10.6 Å². The number of hydrogen-bond donors (Lipinski definition) is 2. The molecule has 1 atom stereocenters. The third-order valence-corrected chi connectivity index (χ3v) is 4.52. The molecule has 0 saturated carbocycles. The number of urea groups is 1. The van der Waals surface area contributed by atoms with Crippen LogP contribution in [0.1, 0.15) is 17.2 Å². The van der Waals surface area contributed by atoms with E-state index in [1.807, 2.05) is 0 Å². The Morgan fingerprint density at radius 2 is 1.52 bits per heavy atom. The summed E-state index contributed by atoms with van der Waals surface area (Å²) in [4.78, 5) is 37.1. The van der Waals surface area contributed by atoms with Gasteiger partial charge in [-0.3, -0.25) is 19.2 Å². The minimum Gasteiger partial charge on any atom is -0.493 e. The Balaban J connectivity index is 2.31. The van der Waals surface area contributed by atoms with Crippen LogP contribution < -0.4 is 36.1 Å². The van der Waals surface area contributed by atoms with Gasteiger partial charge in [0.2, 0.25) is 5.75 Å². The van der Waals surface area contributed by atoms with Crippen LogP contribution in [-0.2, 0) is 14.1 Å². The predicted molar refractivity (Wildman–Crippen MR) is 97.0 cm³/mol. The van der Waals surface area contributed by atoms with Crippen molar-refractivity contribution in [3.05, 3.63) is 44.1 Å². The van der Waals surface area contributed by atoms with Crippen LogP contribution in [0.3, 0.4) is 0 Å². The predicted octanol–water partition coefficient (Wildman–Crippen LogP) is 0.334. The molecule has 0 fully saturated rings. The minimum absolute atomic E-state index is 0.144. The first-order chi connectivity index (χ1) is 12.8. The first-order valence-corrected chi connectivity index (χ1v) is 8.01. The lowest BCUT2D eigenvalue weighted by Gasteiger charge is -2.29. The molecule has 2 heterocycles. The molecule has 2 N–H and O–H groups in total. The number of ether oxygens (including phenoxy) is 3. The number of aromatic nitrogens is 2. The maximum atomic E-state index is 12.8. The number of carbonyl (C=O) groups is 1. The number of methoxy groups -OCH3 is 3. The van der Waals surface area contributed by atoms with Crippen molar-refractivity contribution in [1.82, 2.24) is 14.5 Å². The number of hydrogen-bond acceptors (Lipinski definition) is 6. The van der Waals surface area contributed by atoms with E-state index in [0.29, 0.717) is 22.8 Å². The summed E-state index contributed by atoms with van der Waals surface area (Å²) in [5, 5.41) is 5.24. The number of carbonyl (C=O) groups excluding carboxylic acids is 1. The molecule has 0 aliphatic carbocycles. The van der Waals surface area contributed by atoms with Crippen LogP contribution >= 0.6 is 0 Å². The molecule has 144 valence electrons. The Morgan fingerprint density at radius 1 is 0.926 bits per heavy atom. The van der Waals surface area contributed by atoms with Crippen molar-refractivity contribution in [2.24, 2.45) is 14.1 Å². The average molecular weight is 376 g/mol. The second kappa shape index (κ2) is 6.71. The highest BCUT2D eigenvalue weighted by atomic mass is 16.5. The van der Waals surface area contributed by atoms with Crippen molar-refractivity contribution in [2.75, 3.05) is 26.6 Å². The van der Waals surface area contributed by atoms with E-state index in [-0.39, 0.29) is 11.4 Å². The van der Waals surface area contributed by atoms with Gasteiger partial charge in [0.05, 0.1) is 32.9 Å². The van der Waals surface area contributed by atoms with Gasteiger partial charge >= 0.3 is 11.7 Å². The zero-order valence-electron chi connectivity index (χ0n) is 15.6. The summed E-state index contributed by atoms with van der Waals surface area (Å²) in [5.74, 6) is 1.29. The van der Waals surface area contributed by atoms with Crippen molar-refractivity contribution >= 4 is 11.8 Å². The highest BCUT2D eigenvalue weighted by molar-refractivity contribution is 5.92. The van der Waals surface area contributed by atoms with Crippen molar-refractivity contribution in [2.45, 2.75) is 6.04 Å². The van der Waals surface area contributed by atoms with Gasteiger partial charge in [-0.05, 0) is 17.7 Å². The maximum Gasteiger partial charge on any atom is 0.332 e. The second-order valence-electron chi connectivity index (χ2n) is 5.96. The summed E-state index contributed by atoms with van der Waals surface area (Å²) in [6.45, 7) is 0. The summed E-state index contributed by atoms with van der Waals surface area (Å²) in [6, 6.07) is 1.94. The molecule has 0 radical (unpaired) electrons. The van der Waals surface area contributed by atoms with Crippen molar-refractivity contribution in [1.29, 1.82) is 0 Å². The third kappa shape index (κ3) is 2.78. The van der Waals surface area contributed by atoms with E-state index >= 15 is 0 Å². The average Bonchev–Trinajstić information content (AvgIpc) is 2.68. The van der Waals surface area contributed by atoms with Gasteiger partial charge in [-0.1, -0.05) is 0 Å². The zero-order chi connectivity index (χ0) is 19.9. The molecule has 1 aromatic heterocycles. The summed E-state index contributed by atoms with van der Waals surface area (Å²) in [6.07, 6.45) is 0. The first kappa shape index (κ1) is 18.4. The molecule has 2 amide bonds. The van der Waals surface area contributed by atoms with Crippen LogP contribution in [-0.4, -0.2) is 36.5 Å². The number of rotatable bonds is 4. The molecule has 0 unspecified atom stereocenters. The third-order valence-electron chi connectivity index (χ3n) is 4.52. The van der Waals surface area contributed by atoms with Gasteiger partial charge in [0.1, 0.15) is 5.82 Å². The Labute approximate surface area is 154 Å². The van der Waals surface area contributed by atoms with E-state index in [1.54, 1.807) is 12.1 Å². The van der Waals surface area contributed by atoms with Gasteiger partial charge in [0.15, 0.2) is 11.5 Å². The lowest BCUT2D eigenvalue weighted by atomic mass is 9.97. The summed E-state index contributed by atoms with van der Waals surface area (Å²) in [7, 11) is 7.29. The normalized spacial score (nSPS) is 15.4. The van der Waals surface area contributed by atoms with Gasteiger partial charge in [-0.2, -0.15) is 0 Å². The summed E-state index contributed by atoms with van der Waals surface area (Å²) >= 11 is 0. The lowest BCUT2D eigenvalue weighted by molar-refractivity contribution is 0.248. The largest absolute Gasteiger partial charge is 0.493 e. The number of anilines is 1. The first-order valence-electron chi connectivity index (χ1n) is 8.01. The number of fused-ring (bicyclic) bond motifs is 1. The van der Waals surface area contributed by atoms with Crippen LogP contribution in [0.25, 0.3) is 0 Å². The van der Waals surface area contributed by atoms with Crippen molar-refractivity contribution < 1.29 is 19.0 Å². The SMILES string of the molecule is COc1cc([C@H]2NC(=O)Nc3c2c(=O)n(C)c(=O)n3C)cc(OC)c1OC. The second-order valence-corrected chi connectivity index (χ2v) is 5.96. The Kier molecular flexibility index (Phi) is 4.56. The molecule has 0 saturated heterocycles. The molecular weight excluding hydrogens is 356 g/mol. The number of nitrogens with one attached hydrogen (secondary N) is 2. The number of amides is 2. The molecule has 0 spiro atoms.